The molecule has 0 aliphatic carbocycles. The van der Waals surface area contributed by atoms with E-state index >= 15 is 0 Å². The zero-order valence-electron chi connectivity index (χ0n) is 13.0. The number of thioether (sulfide) groups is 2. The Kier molecular flexibility index (Phi) is 7.14. The Morgan fingerprint density at radius 1 is 0.958 bits per heavy atom. The lowest BCUT2D eigenvalue weighted by atomic mass is 10.3. The van der Waals surface area contributed by atoms with Gasteiger partial charge in [0.2, 0.25) is 11.8 Å². The minimum Gasteiger partial charge on any atom is -0.325 e. The van der Waals surface area contributed by atoms with Crippen LogP contribution in [0.3, 0.4) is 0 Å². The highest BCUT2D eigenvalue weighted by Gasteiger charge is 2.07. The van der Waals surface area contributed by atoms with Crippen LogP contribution in [0.1, 0.15) is 0 Å². The molecule has 2 amide bonds. The van der Waals surface area contributed by atoms with E-state index in [1.807, 2.05) is 30.5 Å². The fraction of sp³-hybridized carbons (Fsp3) is 0.176. The summed E-state index contributed by atoms with van der Waals surface area (Å²) < 4.78 is 12.8. The first-order valence-corrected chi connectivity index (χ1v) is 9.52. The van der Waals surface area contributed by atoms with Gasteiger partial charge in [0.25, 0.3) is 0 Å². The number of benzene rings is 2. The molecule has 2 N–H and O–H groups in total. The number of hydrogen-bond donors (Lipinski definition) is 2. The van der Waals surface area contributed by atoms with E-state index in [4.69, 9.17) is 0 Å². The van der Waals surface area contributed by atoms with Gasteiger partial charge in [-0.15, -0.1) is 23.5 Å². The van der Waals surface area contributed by atoms with Gasteiger partial charge in [-0.05, 0) is 48.7 Å². The highest BCUT2D eigenvalue weighted by atomic mass is 32.2. The Morgan fingerprint density at radius 3 is 2.21 bits per heavy atom. The quantitative estimate of drug-likeness (QED) is 0.733. The summed E-state index contributed by atoms with van der Waals surface area (Å²) >= 11 is 2.82. The Bertz CT molecular complexity index is 708. The SMILES string of the molecule is CSc1cccc(NC(=O)CSCC(=O)Nc2ccc(F)cc2)c1. The van der Waals surface area contributed by atoms with E-state index in [0.717, 1.165) is 10.6 Å². The smallest absolute Gasteiger partial charge is 0.234 e. The lowest BCUT2D eigenvalue weighted by molar-refractivity contribution is -0.114. The zero-order valence-corrected chi connectivity index (χ0v) is 14.7. The highest BCUT2D eigenvalue weighted by Crippen LogP contribution is 2.19. The highest BCUT2D eigenvalue weighted by molar-refractivity contribution is 8.00. The molecule has 0 saturated heterocycles. The van der Waals surface area contributed by atoms with Crippen molar-refractivity contribution >= 4 is 46.7 Å². The van der Waals surface area contributed by atoms with Gasteiger partial charge in [-0.3, -0.25) is 9.59 Å². The van der Waals surface area contributed by atoms with E-state index < -0.39 is 0 Å². The summed E-state index contributed by atoms with van der Waals surface area (Å²) in [6, 6.07) is 13.1. The molecular weight excluding hydrogens is 347 g/mol. The average Bonchev–Trinajstić information content (AvgIpc) is 2.57. The Hall–Kier alpha value is -1.99. The molecule has 0 bridgehead atoms. The summed E-state index contributed by atoms with van der Waals surface area (Å²) in [6.45, 7) is 0. The molecule has 4 nitrogen and oxygen atoms in total. The second-order valence-corrected chi connectivity index (χ2v) is 6.69. The molecule has 0 aliphatic heterocycles. The summed E-state index contributed by atoms with van der Waals surface area (Å²) in [7, 11) is 0. The van der Waals surface area contributed by atoms with Crippen LogP contribution >= 0.6 is 23.5 Å². The van der Waals surface area contributed by atoms with E-state index in [2.05, 4.69) is 10.6 Å². The van der Waals surface area contributed by atoms with Crippen LogP contribution in [0.25, 0.3) is 0 Å². The molecule has 0 aromatic heterocycles. The summed E-state index contributed by atoms with van der Waals surface area (Å²) in [5.74, 6) is -0.420. The predicted octanol–water partition coefficient (Wildman–Crippen LogP) is 3.86. The lowest BCUT2D eigenvalue weighted by Gasteiger charge is -2.07. The van der Waals surface area contributed by atoms with Crippen LogP contribution in [0.2, 0.25) is 0 Å². The molecule has 0 heterocycles. The molecule has 2 aromatic rings. The van der Waals surface area contributed by atoms with Crippen LogP contribution in [0.4, 0.5) is 15.8 Å². The first-order chi connectivity index (χ1) is 11.6. The maximum atomic E-state index is 12.8. The van der Waals surface area contributed by atoms with Gasteiger partial charge in [0, 0.05) is 16.3 Å². The van der Waals surface area contributed by atoms with Gasteiger partial charge in [0.05, 0.1) is 11.5 Å². The number of halogens is 1. The van der Waals surface area contributed by atoms with Crippen molar-refractivity contribution in [2.45, 2.75) is 4.90 Å². The van der Waals surface area contributed by atoms with Gasteiger partial charge in [-0.2, -0.15) is 0 Å². The number of anilines is 2. The lowest BCUT2D eigenvalue weighted by Crippen LogP contribution is -2.18. The second kappa shape index (κ2) is 9.34. The van der Waals surface area contributed by atoms with Crippen molar-refractivity contribution in [3.8, 4) is 0 Å². The molecule has 0 spiro atoms. The van der Waals surface area contributed by atoms with Gasteiger partial charge < -0.3 is 10.6 Å². The van der Waals surface area contributed by atoms with E-state index in [-0.39, 0.29) is 29.1 Å². The van der Waals surface area contributed by atoms with Crippen LogP contribution in [0.15, 0.2) is 53.4 Å². The standard InChI is InChI=1S/C17H17FN2O2S2/c1-23-15-4-2-3-14(9-15)20-17(22)11-24-10-16(21)19-13-7-5-12(18)6-8-13/h2-9H,10-11H2,1H3,(H,19,21)(H,20,22). The molecule has 24 heavy (non-hydrogen) atoms. The molecule has 0 saturated carbocycles. The van der Waals surface area contributed by atoms with Crippen LogP contribution in [-0.4, -0.2) is 29.6 Å². The fourth-order valence-electron chi connectivity index (χ4n) is 1.86. The van der Waals surface area contributed by atoms with Crippen molar-refractivity contribution in [1.29, 1.82) is 0 Å². The third-order valence-corrected chi connectivity index (χ3v) is 4.61. The fourth-order valence-corrected chi connectivity index (χ4v) is 2.94. The topological polar surface area (TPSA) is 58.2 Å². The minimum absolute atomic E-state index is 0.148. The molecule has 2 rings (SSSR count). The van der Waals surface area contributed by atoms with Crippen molar-refractivity contribution in [1.82, 2.24) is 0 Å². The van der Waals surface area contributed by atoms with Crippen molar-refractivity contribution in [2.75, 3.05) is 28.4 Å². The Morgan fingerprint density at radius 2 is 1.58 bits per heavy atom. The first kappa shape index (κ1) is 18.4. The molecule has 0 atom stereocenters. The van der Waals surface area contributed by atoms with E-state index in [9.17, 15) is 14.0 Å². The normalized spacial score (nSPS) is 10.2. The Balaban J connectivity index is 1.71. The van der Waals surface area contributed by atoms with E-state index in [0.29, 0.717) is 5.69 Å². The second-order valence-electron chi connectivity index (χ2n) is 4.83. The number of hydrogen-bond acceptors (Lipinski definition) is 4. The average molecular weight is 364 g/mol. The predicted molar refractivity (Wildman–Crippen MR) is 99.2 cm³/mol. The summed E-state index contributed by atoms with van der Waals surface area (Å²) in [5.41, 5.74) is 1.27. The summed E-state index contributed by atoms with van der Waals surface area (Å²) in [4.78, 5) is 24.7. The molecule has 0 fully saturated rings. The van der Waals surface area contributed by atoms with Crippen LogP contribution in [-0.2, 0) is 9.59 Å². The van der Waals surface area contributed by atoms with Gasteiger partial charge in [-0.25, -0.2) is 4.39 Å². The van der Waals surface area contributed by atoms with E-state index in [1.165, 1.54) is 36.0 Å². The van der Waals surface area contributed by atoms with Gasteiger partial charge in [0.1, 0.15) is 5.82 Å². The van der Waals surface area contributed by atoms with E-state index in [1.54, 1.807) is 11.8 Å². The molecule has 7 heteroatoms. The molecule has 2 aromatic carbocycles. The summed E-state index contributed by atoms with van der Waals surface area (Å²) in [5, 5.41) is 5.45. The number of rotatable bonds is 7. The Labute approximate surface area is 148 Å². The maximum Gasteiger partial charge on any atom is 0.234 e. The van der Waals surface area contributed by atoms with Crippen LogP contribution < -0.4 is 10.6 Å². The van der Waals surface area contributed by atoms with Crippen LogP contribution in [0.5, 0.6) is 0 Å². The van der Waals surface area contributed by atoms with Crippen molar-refractivity contribution in [3.63, 3.8) is 0 Å². The third-order valence-electron chi connectivity index (χ3n) is 2.95. The molecule has 0 aliphatic rings. The zero-order chi connectivity index (χ0) is 17.4. The molecular formula is C17H17FN2O2S2. The minimum atomic E-state index is -0.357. The molecule has 126 valence electrons. The van der Waals surface area contributed by atoms with Gasteiger partial charge in [-0.1, -0.05) is 6.07 Å². The number of carbonyl (C=O) groups is 2. The monoisotopic (exact) mass is 364 g/mol. The van der Waals surface area contributed by atoms with Crippen molar-refractivity contribution in [3.05, 3.63) is 54.3 Å². The largest absolute Gasteiger partial charge is 0.325 e. The van der Waals surface area contributed by atoms with Gasteiger partial charge in [0.15, 0.2) is 0 Å². The number of nitrogens with one attached hydrogen (secondary N) is 2. The molecule has 0 radical (unpaired) electrons. The number of amides is 2. The third kappa shape index (κ3) is 6.25. The van der Waals surface area contributed by atoms with Crippen molar-refractivity contribution < 1.29 is 14.0 Å². The first-order valence-electron chi connectivity index (χ1n) is 7.14. The number of carbonyl (C=O) groups excluding carboxylic acids is 2. The van der Waals surface area contributed by atoms with Crippen molar-refractivity contribution in [2.24, 2.45) is 0 Å². The maximum absolute atomic E-state index is 12.8. The molecule has 0 unspecified atom stereocenters. The summed E-state index contributed by atoms with van der Waals surface area (Å²) in [6.07, 6.45) is 1.97. The van der Waals surface area contributed by atoms with Gasteiger partial charge >= 0.3 is 0 Å². The van der Waals surface area contributed by atoms with Crippen LogP contribution in [0, 0.1) is 5.82 Å².